The number of hydrogen-bond donors (Lipinski definition) is 2. The zero-order chi connectivity index (χ0) is 18.1. The van der Waals surface area contributed by atoms with E-state index in [0.717, 1.165) is 47.8 Å². The molecule has 1 aliphatic heterocycles. The molecule has 7 heteroatoms. The van der Waals surface area contributed by atoms with E-state index in [9.17, 15) is 4.79 Å². The van der Waals surface area contributed by atoms with Gasteiger partial charge < -0.3 is 20.4 Å². The molecule has 134 valence electrons. The number of carbonyl (C=O) groups is 1. The molecule has 0 bridgehead atoms. The summed E-state index contributed by atoms with van der Waals surface area (Å²) in [6, 6.07) is 7.52. The van der Waals surface area contributed by atoms with Crippen LogP contribution in [0.1, 0.15) is 23.3 Å². The van der Waals surface area contributed by atoms with Gasteiger partial charge in [0.2, 0.25) is 0 Å². The van der Waals surface area contributed by atoms with E-state index in [1.165, 1.54) is 0 Å². The molecule has 0 spiro atoms. The van der Waals surface area contributed by atoms with Gasteiger partial charge in [-0.15, -0.1) is 11.3 Å². The van der Waals surface area contributed by atoms with E-state index in [4.69, 9.17) is 15.5 Å². The van der Waals surface area contributed by atoms with Gasteiger partial charge in [-0.1, -0.05) is 0 Å². The topological polar surface area (TPSA) is 84.2 Å². The average Bonchev–Trinajstić information content (AvgIpc) is 3.42. The van der Waals surface area contributed by atoms with Crippen molar-refractivity contribution in [1.82, 2.24) is 14.9 Å². The summed E-state index contributed by atoms with van der Waals surface area (Å²) in [6.07, 6.45) is 4.00. The maximum absolute atomic E-state index is 12.5. The molecule has 2 aromatic heterocycles. The van der Waals surface area contributed by atoms with Crippen molar-refractivity contribution in [2.24, 2.45) is 0 Å². The molecule has 3 aromatic rings. The smallest absolute Gasteiger partial charge is 0.270 e. The second-order valence-corrected chi connectivity index (χ2v) is 7.15. The van der Waals surface area contributed by atoms with Gasteiger partial charge in [0.1, 0.15) is 16.5 Å². The van der Waals surface area contributed by atoms with E-state index in [0.29, 0.717) is 17.1 Å². The van der Waals surface area contributed by atoms with E-state index < -0.39 is 0 Å². The Morgan fingerprint density at radius 3 is 2.81 bits per heavy atom. The Hall–Kier alpha value is -2.80. The molecule has 3 N–H and O–H groups in total. The van der Waals surface area contributed by atoms with Gasteiger partial charge >= 0.3 is 0 Å². The predicted octanol–water partition coefficient (Wildman–Crippen LogP) is 3.63. The van der Waals surface area contributed by atoms with Crippen LogP contribution in [0.3, 0.4) is 0 Å². The van der Waals surface area contributed by atoms with Crippen molar-refractivity contribution >= 4 is 22.9 Å². The number of nitrogen functional groups attached to an aromatic ring is 1. The molecule has 3 heterocycles. The van der Waals surface area contributed by atoms with Crippen LogP contribution in [0.4, 0.5) is 5.69 Å². The minimum absolute atomic E-state index is 0.0622. The highest BCUT2D eigenvalue weighted by molar-refractivity contribution is 7.13. The quantitative estimate of drug-likeness (QED) is 0.689. The van der Waals surface area contributed by atoms with Crippen molar-refractivity contribution in [3.8, 4) is 27.6 Å². The third-order valence-corrected chi connectivity index (χ3v) is 5.47. The Bertz CT molecular complexity index is 941. The van der Waals surface area contributed by atoms with Gasteiger partial charge in [0.25, 0.3) is 5.91 Å². The average molecular weight is 368 g/mol. The molecule has 0 aliphatic carbocycles. The molecule has 1 amide bonds. The van der Waals surface area contributed by atoms with Crippen LogP contribution in [0.15, 0.2) is 35.8 Å². The lowest BCUT2D eigenvalue weighted by molar-refractivity contribution is 0.0788. The Morgan fingerprint density at radius 1 is 1.27 bits per heavy atom. The lowest BCUT2D eigenvalue weighted by atomic mass is 10.2. The summed E-state index contributed by atoms with van der Waals surface area (Å²) in [4.78, 5) is 22.1. The minimum Gasteiger partial charge on any atom is -0.495 e. The summed E-state index contributed by atoms with van der Waals surface area (Å²) in [5, 5.41) is 2.87. The zero-order valence-corrected chi connectivity index (χ0v) is 15.3. The van der Waals surface area contributed by atoms with E-state index in [1.807, 2.05) is 40.7 Å². The molecule has 1 aromatic carbocycles. The molecule has 6 nitrogen and oxygen atoms in total. The van der Waals surface area contributed by atoms with E-state index >= 15 is 0 Å². The molecule has 0 atom stereocenters. The van der Waals surface area contributed by atoms with Crippen molar-refractivity contribution < 1.29 is 9.53 Å². The van der Waals surface area contributed by atoms with E-state index in [-0.39, 0.29) is 5.91 Å². The third kappa shape index (κ3) is 3.06. The molecule has 0 saturated carbocycles. The van der Waals surface area contributed by atoms with Crippen LogP contribution in [0.25, 0.3) is 21.8 Å². The number of methoxy groups -OCH3 is 1. The first kappa shape index (κ1) is 16.7. The number of anilines is 1. The van der Waals surface area contributed by atoms with Crippen molar-refractivity contribution in [3.05, 3.63) is 41.5 Å². The van der Waals surface area contributed by atoms with Crippen molar-refractivity contribution in [3.63, 3.8) is 0 Å². The first-order valence-electron chi connectivity index (χ1n) is 8.53. The lowest BCUT2D eigenvalue weighted by Gasteiger charge is -2.13. The maximum Gasteiger partial charge on any atom is 0.270 e. The Labute approximate surface area is 155 Å². The number of aromatic amines is 1. The van der Waals surface area contributed by atoms with Crippen LogP contribution in [-0.4, -0.2) is 41.0 Å². The summed E-state index contributed by atoms with van der Waals surface area (Å²) in [6.45, 7) is 1.68. The van der Waals surface area contributed by atoms with Gasteiger partial charge in [0.15, 0.2) is 0 Å². The number of nitrogens with two attached hydrogens (primary N) is 1. The number of benzene rings is 1. The van der Waals surface area contributed by atoms with Crippen LogP contribution in [-0.2, 0) is 0 Å². The van der Waals surface area contributed by atoms with Crippen LogP contribution >= 0.6 is 11.3 Å². The van der Waals surface area contributed by atoms with Gasteiger partial charge in [-0.2, -0.15) is 0 Å². The second kappa shape index (κ2) is 6.84. The molecule has 4 rings (SSSR count). The van der Waals surface area contributed by atoms with Gasteiger partial charge in [0, 0.05) is 35.8 Å². The Balaban J connectivity index is 1.56. The third-order valence-electron chi connectivity index (χ3n) is 4.58. The summed E-state index contributed by atoms with van der Waals surface area (Å²) < 4.78 is 5.20. The number of ether oxygens (including phenoxy) is 1. The first-order valence-corrected chi connectivity index (χ1v) is 9.41. The summed E-state index contributed by atoms with van der Waals surface area (Å²) in [5.41, 5.74) is 9.89. The Kier molecular flexibility index (Phi) is 4.38. The van der Waals surface area contributed by atoms with Crippen molar-refractivity contribution in [2.75, 3.05) is 25.9 Å². The van der Waals surface area contributed by atoms with Gasteiger partial charge in [-0.25, -0.2) is 4.98 Å². The molecule has 1 aliphatic rings. The number of rotatable bonds is 4. The first-order chi connectivity index (χ1) is 12.7. The fourth-order valence-electron chi connectivity index (χ4n) is 3.16. The summed E-state index contributed by atoms with van der Waals surface area (Å²) in [7, 11) is 1.60. The molecular weight excluding hydrogens is 348 g/mol. The monoisotopic (exact) mass is 368 g/mol. The van der Waals surface area contributed by atoms with E-state index in [2.05, 4.69) is 4.98 Å². The normalized spacial score (nSPS) is 14.0. The van der Waals surface area contributed by atoms with Crippen molar-refractivity contribution in [2.45, 2.75) is 12.8 Å². The van der Waals surface area contributed by atoms with Gasteiger partial charge in [-0.3, -0.25) is 4.79 Å². The molecule has 0 radical (unpaired) electrons. The van der Waals surface area contributed by atoms with Crippen LogP contribution in [0, 0.1) is 0 Å². The highest BCUT2D eigenvalue weighted by Crippen LogP contribution is 2.33. The highest BCUT2D eigenvalue weighted by Gasteiger charge is 2.21. The largest absolute Gasteiger partial charge is 0.495 e. The number of hydrogen-bond acceptors (Lipinski definition) is 5. The second-order valence-electron chi connectivity index (χ2n) is 6.30. The molecule has 0 unspecified atom stereocenters. The minimum atomic E-state index is 0.0622. The van der Waals surface area contributed by atoms with Crippen LogP contribution < -0.4 is 10.5 Å². The number of thiazole rings is 1. The lowest BCUT2D eigenvalue weighted by Crippen LogP contribution is -2.27. The highest BCUT2D eigenvalue weighted by atomic mass is 32.1. The SMILES string of the molecule is COc1ccc(-c2nc(-c3c[nH]c(C(=O)N4CCCC4)c3)cs2)cc1N. The van der Waals surface area contributed by atoms with Gasteiger partial charge in [0.05, 0.1) is 18.5 Å². The zero-order valence-electron chi connectivity index (χ0n) is 14.5. The van der Waals surface area contributed by atoms with Gasteiger partial charge in [-0.05, 0) is 37.1 Å². The molecule has 26 heavy (non-hydrogen) atoms. The summed E-state index contributed by atoms with van der Waals surface area (Å²) >= 11 is 1.55. The standard InChI is InChI=1S/C19H20N4O2S/c1-25-17-5-4-12(8-14(17)20)18-22-16(11-26-18)13-9-15(21-10-13)19(24)23-6-2-3-7-23/h4-5,8-11,21H,2-3,6-7,20H2,1H3. The van der Waals surface area contributed by atoms with E-state index in [1.54, 1.807) is 18.4 Å². The maximum atomic E-state index is 12.5. The molecular formula is C19H20N4O2S. The predicted molar refractivity (Wildman–Crippen MR) is 103 cm³/mol. The van der Waals surface area contributed by atoms with Crippen molar-refractivity contribution in [1.29, 1.82) is 0 Å². The number of H-pyrrole nitrogens is 1. The molecule has 1 saturated heterocycles. The number of carbonyl (C=O) groups excluding carboxylic acids is 1. The molecule has 1 fully saturated rings. The van der Waals surface area contributed by atoms with Crippen LogP contribution in [0.2, 0.25) is 0 Å². The fourth-order valence-corrected chi connectivity index (χ4v) is 3.99. The fraction of sp³-hybridized carbons (Fsp3) is 0.263. The summed E-state index contributed by atoms with van der Waals surface area (Å²) in [5.74, 6) is 0.716. The number of amides is 1. The number of nitrogens with zero attached hydrogens (tertiary/aromatic N) is 2. The number of nitrogens with one attached hydrogen (secondary N) is 1. The number of aromatic nitrogens is 2. The number of likely N-dealkylation sites (tertiary alicyclic amines) is 1. The Morgan fingerprint density at radius 2 is 2.08 bits per heavy atom. The van der Waals surface area contributed by atoms with Crippen LogP contribution in [0.5, 0.6) is 5.75 Å².